The number of piperazine rings is 1. The highest BCUT2D eigenvalue weighted by Gasteiger charge is 2.35. The van der Waals surface area contributed by atoms with E-state index in [2.05, 4.69) is 4.90 Å². The number of hydrogen-bond acceptors (Lipinski definition) is 3. The molecule has 0 aromatic heterocycles. The molecule has 0 atom stereocenters. The zero-order chi connectivity index (χ0) is 17.0. The van der Waals surface area contributed by atoms with Gasteiger partial charge in [-0.05, 0) is 43.9 Å². The Balaban J connectivity index is 1.43. The Bertz CT molecular complexity index is 636. The minimum atomic E-state index is -3.10. The van der Waals surface area contributed by atoms with Gasteiger partial charge in [0, 0.05) is 26.2 Å². The Morgan fingerprint density at radius 3 is 2.38 bits per heavy atom. The highest BCUT2D eigenvalue weighted by atomic mass is 32.2. The molecule has 1 aromatic rings. The molecule has 1 saturated carbocycles. The van der Waals surface area contributed by atoms with Crippen LogP contribution in [0.15, 0.2) is 24.3 Å². The van der Waals surface area contributed by atoms with Crippen LogP contribution in [0.5, 0.6) is 0 Å². The second-order valence-electron chi connectivity index (χ2n) is 6.89. The first kappa shape index (κ1) is 17.8. The topological polar surface area (TPSA) is 40.6 Å². The van der Waals surface area contributed by atoms with Crippen LogP contribution in [0.3, 0.4) is 0 Å². The number of aryl methyl sites for hydroxylation is 1. The maximum Gasteiger partial charge on any atom is 0.217 e. The normalized spacial score (nSPS) is 21.4. The Morgan fingerprint density at radius 1 is 1.04 bits per heavy atom. The lowest BCUT2D eigenvalue weighted by Gasteiger charge is -2.35. The Labute approximate surface area is 144 Å². The zero-order valence-corrected chi connectivity index (χ0v) is 15.0. The van der Waals surface area contributed by atoms with Crippen LogP contribution in [0.25, 0.3) is 0 Å². The molecule has 1 aliphatic heterocycles. The van der Waals surface area contributed by atoms with Crippen molar-refractivity contribution in [2.75, 3.05) is 32.7 Å². The van der Waals surface area contributed by atoms with Crippen LogP contribution in [0.4, 0.5) is 4.39 Å². The molecule has 0 spiro atoms. The molecule has 0 amide bonds. The van der Waals surface area contributed by atoms with Gasteiger partial charge in [-0.2, -0.15) is 4.31 Å². The largest absolute Gasteiger partial charge is 0.301 e. The van der Waals surface area contributed by atoms with Gasteiger partial charge in [0.2, 0.25) is 10.0 Å². The van der Waals surface area contributed by atoms with E-state index >= 15 is 0 Å². The molecule has 3 rings (SSSR count). The maximum atomic E-state index is 13.6. The molecule has 24 heavy (non-hydrogen) atoms. The van der Waals surface area contributed by atoms with E-state index in [1.54, 1.807) is 10.4 Å². The quantitative estimate of drug-likeness (QED) is 0.789. The highest BCUT2D eigenvalue weighted by Crippen LogP contribution is 2.27. The van der Waals surface area contributed by atoms with E-state index in [0.717, 1.165) is 63.7 Å². The summed E-state index contributed by atoms with van der Waals surface area (Å²) in [4.78, 5) is 2.29. The average Bonchev–Trinajstić information content (AvgIpc) is 3.12. The van der Waals surface area contributed by atoms with Crippen molar-refractivity contribution in [2.45, 2.75) is 43.8 Å². The smallest absolute Gasteiger partial charge is 0.217 e. The van der Waals surface area contributed by atoms with Crippen LogP contribution in [-0.4, -0.2) is 55.6 Å². The molecule has 2 aliphatic rings. The number of nitrogens with zero attached hydrogens (tertiary/aromatic N) is 2. The van der Waals surface area contributed by atoms with Crippen molar-refractivity contribution in [3.63, 3.8) is 0 Å². The van der Waals surface area contributed by atoms with Crippen LogP contribution in [0.2, 0.25) is 0 Å². The van der Waals surface area contributed by atoms with E-state index in [1.165, 1.54) is 6.07 Å². The summed E-state index contributed by atoms with van der Waals surface area (Å²) < 4.78 is 40.5. The number of benzene rings is 1. The third kappa shape index (κ3) is 4.16. The number of hydrogen-bond donors (Lipinski definition) is 0. The van der Waals surface area contributed by atoms with Crippen molar-refractivity contribution in [1.29, 1.82) is 0 Å². The van der Waals surface area contributed by atoms with Crippen molar-refractivity contribution >= 4 is 10.0 Å². The van der Waals surface area contributed by atoms with E-state index in [9.17, 15) is 12.8 Å². The van der Waals surface area contributed by atoms with Gasteiger partial charge in [0.25, 0.3) is 0 Å². The van der Waals surface area contributed by atoms with Crippen molar-refractivity contribution in [1.82, 2.24) is 9.21 Å². The summed E-state index contributed by atoms with van der Waals surface area (Å²) in [5.74, 6) is -0.134. The molecule has 0 unspecified atom stereocenters. The Kier molecular flexibility index (Phi) is 5.89. The minimum Gasteiger partial charge on any atom is -0.301 e. The first-order valence-corrected chi connectivity index (χ1v) is 10.5. The van der Waals surface area contributed by atoms with Gasteiger partial charge in [-0.15, -0.1) is 0 Å². The summed E-state index contributed by atoms with van der Waals surface area (Å²) in [5.41, 5.74) is 0.764. The summed E-state index contributed by atoms with van der Waals surface area (Å²) >= 11 is 0. The van der Waals surface area contributed by atoms with E-state index < -0.39 is 10.0 Å². The molecular weight excluding hydrogens is 327 g/mol. The second-order valence-corrected chi connectivity index (χ2v) is 9.10. The van der Waals surface area contributed by atoms with E-state index in [-0.39, 0.29) is 11.1 Å². The highest BCUT2D eigenvalue weighted by molar-refractivity contribution is 7.89. The lowest BCUT2D eigenvalue weighted by atomic mass is 10.1. The lowest BCUT2D eigenvalue weighted by Crippen LogP contribution is -2.50. The SMILES string of the molecule is O=S(=O)(C1CCCC1)N1CCN(CCCc2ccccc2F)CC1. The predicted octanol–water partition coefficient (Wildman–Crippen LogP) is 2.65. The number of sulfonamides is 1. The molecule has 4 nitrogen and oxygen atoms in total. The van der Waals surface area contributed by atoms with Crippen LogP contribution in [-0.2, 0) is 16.4 Å². The number of halogens is 1. The van der Waals surface area contributed by atoms with Crippen LogP contribution in [0, 0.1) is 5.82 Å². The van der Waals surface area contributed by atoms with Gasteiger partial charge in [0.1, 0.15) is 5.82 Å². The van der Waals surface area contributed by atoms with Crippen molar-refractivity contribution < 1.29 is 12.8 Å². The standard InChI is InChI=1S/C18H27FN2O2S/c19-18-10-4-1-6-16(18)7-5-11-20-12-14-21(15-13-20)24(22,23)17-8-2-3-9-17/h1,4,6,10,17H,2-3,5,7-9,11-15H2. The fraction of sp³-hybridized carbons (Fsp3) is 0.667. The average molecular weight is 354 g/mol. The summed E-state index contributed by atoms with van der Waals surface area (Å²) in [7, 11) is -3.10. The van der Waals surface area contributed by atoms with Crippen LogP contribution in [0.1, 0.15) is 37.7 Å². The summed E-state index contributed by atoms with van der Waals surface area (Å²) in [6, 6.07) is 6.91. The predicted molar refractivity (Wildman–Crippen MR) is 93.9 cm³/mol. The molecule has 1 aromatic carbocycles. The van der Waals surface area contributed by atoms with Crippen molar-refractivity contribution in [2.24, 2.45) is 0 Å². The van der Waals surface area contributed by atoms with E-state index in [4.69, 9.17) is 0 Å². The summed E-state index contributed by atoms with van der Waals surface area (Å²) in [6.45, 7) is 3.65. The first-order valence-electron chi connectivity index (χ1n) is 9.02. The molecule has 0 N–H and O–H groups in total. The van der Waals surface area contributed by atoms with Gasteiger partial charge in [-0.3, -0.25) is 0 Å². The molecule has 1 heterocycles. The van der Waals surface area contributed by atoms with E-state index in [1.807, 2.05) is 12.1 Å². The Hall–Kier alpha value is -0.980. The molecule has 0 bridgehead atoms. The third-order valence-corrected chi connectivity index (χ3v) is 7.69. The van der Waals surface area contributed by atoms with E-state index in [0.29, 0.717) is 13.1 Å². The fourth-order valence-corrected chi connectivity index (χ4v) is 5.82. The fourth-order valence-electron chi connectivity index (χ4n) is 3.80. The van der Waals surface area contributed by atoms with Gasteiger partial charge in [-0.25, -0.2) is 12.8 Å². The third-order valence-electron chi connectivity index (χ3n) is 5.29. The minimum absolute atomic E-state index is 0.134. The van der Waals surface area contributed by atoms with Gasteiger partial charge in [0.15, 0.2) is 0 Å². The molecule has 1 saturated heterocycles. The summed E-state index contributed by atoms with van der Waals surface area (Å²) in [5, 5.41) is -0.148. The van der Waals surface area contributed by atoms with Gasteiger partial charge in [-0.1, -0.05) is 31.0 Å². The summed E-state index contributed by atoms with van der Waals surface area (Å²) in [6.07, 6.45) is 5.36. The van der Waals surface area contributed by atoms with Crippen molar-refractivity contribution in [3.8, 4) is 0 Å². The van der Waals surface area contributed by atoms with Gasteiger partial charge < -0.3 is 4.90 Å². The Morgan fingerprint density at radius 2 is 1.71 bits per heavy atom. The lowest BCUT2D eigenvalue weighted by molar-refractivity contribution is 0.185. The number of rotatable bonds is 6. The van der Waals surface area contributed by atoms with Crippen LogP contribution < -0.4 is 0 Å². The first-order chi connectivity index (χ1) is 11.6. The molecule has 2 fully saturated rings. The molecule has 0 radical (unpaired) electrons. The van der Waals surface area contributed by atoms with Crippen molar-refractivity contribution in [3.05, 3.63) is 35.6 Å². The van der Waals surface area contributed by atoms with Crippen LogP contribution >= 0.6 is 0 Å². The molecular formula is C18H27FN2O2S. The molecule has 1 aliphatic carbocycles. The monoisotopic (exact) mass is 354 g/mol. The molecule has 134 valence electrons. The maximum absolute atomic E-state index is 13.6. The second kappa shape index (κ2) is 7.93. The van der Waals surface area contributed by atoms with Gasteiger partial charge in [0.05, 0.1) is 5.25 Å². The zero-order valence-electron chi connectivity index (χ0n) is 14.2. The van der Waals surface area contributed by atoms with Gasteiger partial charge >= 0.3 is 0 Å². The molecule has 6 heteroatoms.